The summed E-state index contributed by atoms with van der Waals surface area (Å²) in [6.07, 6.45) is 0.690. The van der Waals surface area contributed by atoms with Crippen LogP contribution in [0.2, 0.25) is 5.02 Å². The smallest absolute Gasteiger partial charge is 0.215 e. The van der Waals surface area contributed by atoms with Crippen LogP contribution in [0.4, 0.5) is 0 Å². The zero-order valence-electron chi connectivity index (χ0n) is 11.2. The fourth-order valence-electron chi connectivity index (χ4n) is 2.44. The van der Waals surface area contributed by atoms with Crippen LogP contribution in [0.25, 0.3) is 0 Å². The predicted molar refractivity (Wildman–Crippen MR) is 77.9 cm³/mol. The Hall–Kier alpha value is -0.620. The van der Waals surface area contributed by atoms with Gasteiger partial charge in [0, 0.05) is 18.1 Å². The Bertz CT molecular complexity index is 560. The van der Waals surface area contributed by atoms with E-state index >= 15 is 0 Å². The van der Waals surface area contributed by atoms with Gasteiger partial charge in [0.2, 0.25) is 10.0 Å². The molecule has 0 spiro atoms. The second-order valence-corrected chi connectivity index (χ2v) is 7.57. The van der Waals surface area contributed by atoms with E-state index in [0.717, 1.165) is 23.7 Å². The molecule has 19 heavy (non-hydrogen) atoms. The van der Waals surface area contributed by atoms with E-state index < -0.39 is 10.0 Å². The molecule has 1 atom stereocenters. The molecule has 4 nitrogen and oxygen atoms in total. The zero-order chi connectivity index (χ0) is 14.0. The molecule has 0 bridgehead atoms. The van der Waals surface area contributed by atoms with Gasteiger partial charge in [-0.25, -0.2) is 13.1 Å². The normalized spacial score (nSPS) is 20.9. The van der Waals surface area contributed by atoms with Crippen LogP contribution < -0.4 is 4.72 Å². The summed E-state index contributed by atoms with van der Waals surface area (Å²) in [4.78, 5) is 2.18. The number of hydrogen-bond acceptors (Lipinski definition) is 3. The van der Waals surface area contributed by atoms with Crippen molar-refractivity contribution in [3.8, 4) is 0 Å². The van der Waals surface area contributed by atoms with Gasteiger partial charge in [-0.1, -0.05) is 17.7 Å². The number of sulfonamides is 1. The van der Waals surface area contributed by atoms with Gasteiger partial charge in [-0.2, -0.15) is 0 Å². The standard InChI is InChI=1S/C13H19ClN2O2S/c1-10-7-12(14)4-3-11(10)8-16-6-5-13(9-16)19(17,18)15-2/h3-4,7,13,15H,5-6,8-9H2,1-2H3/t13-/m1/s1. The fraction of sp³-hybridized carbons (Fsp3) is 0.538. The Morgan fingerprint density at radius 3 is 2.84 bits per heavy atom. The summed E-state index contributed by atoms with van der Waals surface area (Å²) in [5.41, 5.74) is 2.35. The van der Waals surface area contributed by atoms with Crippen LogP contribution in [0.1, 0.15) is 17.5 Å². The Morgan fingerprint density at radius 2 is 2.21 bits per heavy atom. The van der Waals surface area contributed by atoms with Gasteiger partial charge in [-0.3, -0.25) is 4.90 Å². The van der Waals surface area contributed by atoms with Crippen LogP contribution >= 0.6 is 11.6 Å². The second kappa shape index (κ2) is 5.79. The van der Waals surface area contributed by atoms with Crippen LogP contribution in [0, 0.1) is 6.92 Å². The predicted octanol–water partition coefficient (Wildman–Crippen LogP) is 1.77. The molecule has 1 heterocycles. The maximum absolute atomic E-state index is 11.8. The maximum atomic E-state index is 11.8. The van der Waals surface area contributed by atoms with E-state index in [-0.39, 0.29) is 5.25 Å². The lowest BCUT2D eigenvalue weighted by Crippen LogP contribution is -2.34. The largest absolute Gasteiger partial charge is 0.298 e. The average Bonchev–Trinajstić information content (AvgIpc) is 2.82. The van der Waals surface area contributed by atoms with E-state index in [2.05, 4.69) is 9.62 Å². The number of hydrogen-bond donors (Lipinski definition) is 1. The minimum atomic E-state index is -3.15. The SMILES string of the molecule is CNS(=O)(=O)[C@@H]1CCN(Cc2ccc(Cl)cc2C)C1. The van der Waals surface area contributed by atoms with Gasteiger partial charge < -0.3 is 0 Å². The molecule has 1 aromatic carbocycles. The molecule has 1 aromatic rings. The Morgan fingerprint density at radius 1 is 1.47 bits per heavy atom. The minimum absolute atomic E-state index is 0.301. The van der Waals surface area contributed by atoms with Crippen LogP contribution in [-0.4, -0.2) is 38.7 Å². The quantitative estimate of drug-likeness (QED) is 0.922. The lowest BCUT2D eigenvalue weighted by molar-refractivity contribution is 0.330. The number of rotatable bonds is 4. The molecular weight excluding hydrogens is 284 g/mol. The summed E-state index contributed by atoms with van der Waals surface area (Å²) >= 11 is 5.93. The van der Waals surface area contributed by atoms with Crippen LogP contribution in [0.5, 0.6) is 0 Å². The monoisotopic (exact) mass is 302 g/mol. The third-order valence-electron chi connectivity index (χ3n) is 3.65. The van der Waals surface area contributed by atoms with Gasteiger partial charge in [0.05, 0.1) is 5.25 Å². The summed E-state index contributed by atoms with van der Waals surface area (Å²) in [6.45, 7) is 4.21. The molecular formula is C13H19ClN2O2S. The average molecular weight is 303 g/mol. The number of likely N-dealkylation sites (tertiary alicyclic amines) is 1. The van der Waals surface area contributed by atoms with E-state index in [9.17, 15) is 8.42 Å². The number of benzene rings is 1. The van der Waals surface area contributed by atoms with Crippen molar-refractivity contribution in [3.05, 3.63) is 34.3 Å². The molecule has 1 saturated heterocycles. The zero-order valence-corrected chi connectivity index (χ0v) is 12.8. The van der Waals surface area contributed by atoms with Crippen LogP contribution in [0.3, 0.4) is 0 Å². The molecule has 106 valence electrons. The first-order valence-corrected chi connectivity index (χ1v) is 8.24. The van der Waals surface area contributed by atoms with Gasteiger partial charge >= 0.3 is 0 Å². The van der Waals surface area contributed by atoms with Crippen molar-refractivity contribution in [1.29, 1.82) is 0 Å². The molecule has 0 aliphatic carbocycles. The highest BCUT2D eigenvalue weighted by molar-refractivity contribution is 7.90. The van der Waals surface area contributed by atoms with Gasteiger partial charge in [-0.05, 0) is 50.2 Å². The first-order valence-electron chi connectivity index (χ1n) is 6.32. The van der Waals surface area contributed by atoms with E-state index in [0.29, 0.717) is 13.0 Å². The molecule has 0 unspecified atom stereocenters. The topological polar surface area (TPSA) is 49.4 Å². The summed E-state index contributed by atoms with van der Waals surface area (Å²) < 4.78 is 25.9. The van der Waals surface area contributed by atoms with E-state index in [1.165, 1.54) is 12.6 Å². The highest BCUT2D eigenvalue weighted by Crippen LogP contribution is 2.21. The third-order valence-corrected chi connectivity index (χ3v) is 5.72. The van der Waals surface area contributed by atoms with E-state index in [4.69, 9.17) is 11.6 Å². The molecule has 1 aliphatic heterocycles. The Labute approximate surface area is 119 Å². The molecule has 1 aliphatic rings. The third kappa shape index (κ3) is 3.48. The lowest BCUT2D eigenvalue weighted by atomic mass is 10.1. The van der Waals surface area contributed by atoms with Gasteiger partial charge in [0.15, 0.2) is 0 Å². The Balaban J connectivity index is 2.03. The summed E-state index contributed by atoms with van der Waals surface area (Å²) in [5, 5.41) is 0.434. The van der Waals surface area contributed by atoms with Gasteiger partial charge in [-0.15, -0.1) is 0 Å². The van der Waals surface area contributed by atoms with Crippen LogP contribution in [-0.2, 0) is 16.6 Å². The highest BCUT2D eigenvalue weighted by atomic mass is 35.5. The summed E-state index contributed by atoms with van der Waals surface area (Å²) in [5.74, 6) is 0. The fourth-order valence-corrected chi connectivity index (χ4v) is 3.82. The van der Waals surface area contributed by atoms with Crippen molar-refractivity contribution in [1.82, 2.24) is 9.62 Å². The molecule has 1 fully saturated rings. The first-order chi connectivity index (χ1) is 8.92. The van der Waals surface area contributed by atoms with Crippen molar-refractivity contribution >= 4 is 21.6 Å². The number of aryl methyl sites for hydroxylation is 1. The number of halogens is 1. The molecule has 6 heteroatoms. The van der Waals surface area contributed by atoms with Crippen molar-refractivity contribution in [2.45, 2.75) is 25.1 Å². The highest BCUT2D eigenvalue weighted by Gasteiger charge is 2.31. The van der Waals surface area contributed by atoms with Gasteiger partial charge in [0.1, 0.15) is 0 Å². The summed E-state index contributed by atoms with van der Waals surface area (Å²) in [7, 11) is -1.68. The van der Waals surface area contributed by atoms with Crippen LogP contribution in [0.15, 0.2) is 18.2 Å². The van der Waals surface area contributed by atoms with E-state index in [1.54, 1.807) is 0 Å². The molecule has 2 rings (SSSR count). The Kier molecular flexibility index (Phi) is 4.50. The van der Waals surface area contributed by atoms with E-state index in [1.807, 2.05) is 25.1 Å². The lowest BCUT2D eigenvalue weighted by Gasteiger charge is -2.17. The molecule has 0 saturated carbocycles. The first kappa shape index (κ1) is 14.8. The second-order valence-electron chi connectivity index (χ2n) is 4.97. The molecule has 0 radical (unpaired) electrons. The van der Waals surface area contributed by atoms with Crippen molar-refractivity contribution in [2.75, 3.05) is 20.1 Å². The molecule has 0 aromatic heterocycles. The van der Waals surface area contributed by atoms with Crippen molar-refractivity contribution in [3.63, 3.8) is 0 Å². The molecule has 1 N–H and O–H groups in total. The van der Waals surface area contributed by atoms with Gasteiger partial charge in [0.25, 0.3) is 0 Å². The number of nitrogens with one attached hydrogen (secondary N) is 1. The minimum Gasteiger partial charge on any atom is -0.298 e. The summed E-state index contributed by atoms with van der Waals surface area (Å²) in [6, 6.07) is 5.83. The maximum Gasteiger partial charge on any atom is 0.215 e. The van der Waals surface area contributed by atoms with Crippen molar-refractivity contribution in [2.24, 2.45) is 0 Å². The molecule has 0 amide bonds. The number of nitrogens with zero attached hydrogens (tertiary/aromatic N) is 1. The van der Waals surface area contributed by atoms with Crippen molar-refractivity contribution < 1.29 is 8.42 Å².